The van der Waals surface area contributed by atoms with Gasteiger partial charge in [0, 0.05) is 28.4 Å². The van der Waals surface area contributed by atoms with Crippen molar-refractivity contribution in [2.45, 2.75) is 32.2 Å². The van der Waals surface area contributed by atoms with Gasteiger partial charge in [-0.15, -0.1) is 11.8 Å². The molecular weight excluding hydrogens is 346 g/mol. The minimum absolute atomic E-state index is 0.0765. The lowest BCUT2D eigenvalue weighted by Crippen LogP contribution is -3.11. The van der Waals surface area contributed by atoms with E-state index in [1.54, 1.807) is 11.8 Å². The topological polar surface area (TPSA) is 55.5 Å². The summed E-state index contributed by atoms with van der Waals surface area (Å²) in [6.07, 6.45) is 1.98. The molecule has 6 heteroatoms. The number of nitrogens with one attached hydrogen (secondary N) is 2. The van der Waals surface area contributed by atoms with Gasteiger partial charge in [0.1, 0.15) is 6.54 Å². The van der Waals surface area contributed by atoms with Crippen molar-refractivity contribution in [1.29, 1.82) is 0 Å². The summed E-state index contributed by atoms with van der Waals surface area (Å²) in [4.78, 5) is 26.9. The second-order valence-corrected chi connectivity index (χ2v) is 7.36. The number of Topliss-reactive ketones (excluding diaryl/α,β-unsaturated/α-hetero) is 1. The molecule has 1 aromatic carbocycles. The van der Waals surface area contributed by atoms with E-state index in [2.05, 4.69) is 16.8 Å². The van der Waals surface area contributed by atoms with Gasteiger partial charge >= 0.3 is 0 Å². The van der Waals surface area contributed by atoms with Crippen LogP contribution in [0.2, 0.25) is 0 Å². The maximum Gasteiger partial charge on any atom is 0.279 e. The molecule has 0 aliphatic heterocycles. The van der Waals surface area contributed by atoms with E-state index in [1.807, 2.05) is 57.5 Å². The molecule has 140 valence electrons. The zero-order valence-corrected chi connectivity index (χ0v) is 17.0. The molecule has 0 saturated heterocycles. The average molecular weight is 375 g/mol. The minimum Gasteiger partial charge on any atom is -0.349 e. The lowest BCUT2D eigenvalue weighted by Gasteiger charge is -2.14. The molecule has 0 spiro atoms. The lowest BCUT2D eigenvalue weighted by atomic mass is 10.1. The zero-order chi connectivity index (χ0) is 19.3. The van der Waals surface area contributed by atoms with Crippen LogP contribution in [0.25, 0.3) is 0 Å². The van der Waals surface area contributed by atoms with Gasteiger partial charge in [-0.3, -0.25) is 9.59 Å². The van der Waals surface area contributed by atoms with E-state index in [0.717, 1.165) is 39.0 Å². The highest BCUT2D eigenvalue weighted by Crippen LogP contribution is 2.24. The van der Waals surface area contributed by atoms with Crippen LogP contribution >= 0.6 is 11.8 Å². The van der Waals surface area contributed by atoms with Crippen LogP contribution in [-0.2, 0) is 11.3 Å². The number of quaternary nitrogens is 1. The highest BCUT2D eigenvalue weighted by molar-refractivity contribution is 7.98. The van der Waals surface area contributed by atoms with Crippen LogP contribution in [-0.4, -0.2) is 42.7 Å². The molecule has 0 aliphatic carbocycles. The zero-order valence-electron chi connectivity index (χ0n) is 16.2. The molecule has 0 saturated carbocycles. The van der Waals surface area contributed by atoms with Crippen LogP contribution in [0.15, 0.2) is 35.2 Å². The molecule has 26 heavy (non-hydrogen) atoms. The van der Waals surface area contributed by atoms with Crippen molar-refractivity contribution in [3.8, 4) is 0 Å². The van der Waals surface area contributed by atoms with Crippen molar-refractivity contribution >= 4 is 29.1 Å². The third-order valence-corrected chi connectivity index (χ3v) is 5.29. The van der Waals surface area contributed by atoms with E-state index in [4.69, 9.17) is 0 Å². The Balaban J connectivity index is 1.96. The molecule has 0 bridgehead atoms. The van der Waals surface area contributed by atoms with Crippen molar-refractivity contribution in [3.05, 3.63) is 47.3 Å². The van der Waals surface area contributed by atoms with Gasteiger partial charge in [-0.1, -0.05) is 12.1 Å². The number of carbonyl (C=O) groups is 2. The SMILES string of the molecule is CCn1c(C)cc(C(=O)C[NH+](C)CC(=O)Nc2ccccc2SC)c1C. The second-order valence-electron chi connectivity index (χ2n) is 6.51. The Morgan fingerprint density at radius 1 is 1.19 bits per heavy atom. The number of ketones is 1. The van der Waals surface area contributed by atoms with Crippen molar-refractivity contribution in [2.75, 3.05) is 31.7 Å². The van der Waals surface area contributed by atoms with Crippen molar-refractivity contribution in [3.63, 3.8) is 0 Å². The summed E-state index contributed by atoms with van der Waals surface area (Å²) in [5, 5.41) is 2.94. The van der Waals surface area contributed by atoms with E-state index in [1.165, 1.54) is 0 Å². The Hall–Kier alpha value is -2.05. The molecule has 0 aliphatic rings. The van der Waals surface area contributed by atoms with E-state index in [-0.39, 0.29) is 18.2 Å². The van der Waals surface area contributed by atoms with Crippen LogP contribution in [0.1, 0.15) is 28.7 Å². The van der Waals surface area contributed by atoms with Crippen LogP contribution in [0.3, 0.4) is 0 Å². The van der Waals surface area contributed by atoms with Gasteiger partial charge in [-0.2, -0.15) is 0 Å². The predicted octanol–water partition coefficient (Wildman–Crippen LogP) is 2.18. The molecule has 1 atom stereocenters. The summed E-state index contributed by atoms with van der Waals surface area (Å²) in [5.74, 6) is -0.0107. The van der Waals surface area contributed by atoms with Crippen molar-refractivity contribution in [1.82, 2.24) is 4.57 Å². The smallest absolute Gasteiger partial charge is 0.279 e. The molecule has 2 N–H and O–H groups in total. The van der Waals surface area contributed by atoms with Crippen molar-refractivity contribution in [2.24, 2.45) is 0 Å². The first kappa shape index (κ1) is 20.3. The van der Waals surface area contributed by atoms with Gasteiger partial charge in [0.05, 0.1) is 12.7 Å². The fourth-order valence-electron chi connectivity index (χ4n) is 3.22. The number of benzene rings is 1. The first-order valence-electron chi connectivity index (χ1n) is 8.81. The third-order valence-electron chi connectivity index (χ3n) is 4.50. The summed E-state index contributed by atoms with van der Waals surface area (Å²) < 4.78 is 2.13. The third kappa shape index (κ3) is 4.77. The van der Waals surface area contributed by atoms with Crippen molar-refractivity contribution < 1.29 is 14.5 Å². The number of aryl methyl sites for hydroxylation is 1. The number of thioether (sulfide) groups is 1. The van der Waals surface area contributed by atoms with Crippen LogP contribution in [0, 0.1) is 13.8 Å². The highest BCUT2D eigenvalue weighted by Gasteiger charge is 2.20. The summed E-state index contributed by atoms with van der Waals surface area (Å²) in [6.45, 7) is 7.46. The Labute approximate surface area is 159 Å². The van der Waals surface area contributed by atoms with Gasteiger partial charge < -0.3 is 14.8 Å². The molecule has 0 fully saturated rings. The monoisotopic (exact) mass is 374 g/mol. The van der Waals surface area contributed by atoms with Crippen LogP contribution in [0.4, 0.5) is 5.69 Å². The first-order chi connectivity index (χ1) is 12.4. The maximum absolute atomic E-state index is 12.6. The lowest BCUT2D eigenvalue weighted by molar-refractivity contribution is -0.861. The van der Waals surface area contributed by atoms with Gasteiger partial charge in [0.2, 0.25) is 5.78 Å². The van der Waals surface area contributed by atoms with Gasteiger partial charge in [0.25, 0.3) is 5.91 Å². The molecular formula is C20H28N3O2S+. The van der Waals surface area contributed by atoms with Crippen LogP contribution < -0.4 is 10.2 Å². The largest absolute Gasteiger partial charge is 0.349 e. The molecule has 0 radical (unpaired) electrons. The molecule has 5 nitrogen and oxygen atoms in total. The highest BCUT2D eigenvalue weighted by atomic mass is 32.2. The number of rotatable bonds is 8. The Morgan fingerprint density at radius 3 is 2.50 bits per heavy atom. The normalized spacial score (nSPS) is 12.0. The fourth-order valence-corrected chi connectivity index (χ4v) is 3.77. The standard InChI is InChI=1S/C20H27N3O2S/c1-6-23-14(2)11-16(15(23)3)18(24)12-22(4)13-20(25)21-17-9-7-8-10-19(17)26-5/h7-11H,6,12-13H2,1-5H3,(H,21,25)/p+1. The molecule has 1 amide bonds. The predicted molar refractivity (Wildman–Crippen MR) is 107 cm³/mol. The fraction of sp³-hybridized carbons (Fsp3) is 0.400. The summed E-state index contributed by atoms with van der Waals surface area (Å²) >= 11 is 1.59. The molecule has 2 rings (SSSR count). The average Bonchev–Trinajstić information content (AvgIpc) is 2.89. The molecule has 1 heterocycles. The quantitative estimate of drug-likeness (QED) is 0.550. The number of nitrogens with zero attached hydrogens (tertiary/aromatic N) is 1. The number of aromatic nitrogens is 1. The number of hydrogen-bond donors (Lipinski definition) is 2. The summed E-state index contributed by atoms with van der Waals surface area (Å²) in [5.41, 5.74) is 3.67. The molecule has 1 unspecified atom stereocenters. The number of anilines is 1. The van der Waals surface area contributed by atoms with Gasteiger partial charge in [0.15, 0.2) is 6.54 Å². The van der Waals surface area contributed by atoms with E-state index in [9.17, 15) is 9.59 Å². The van der Waals surface area contributed by atoms with Gasteiger partial charge in [-0.25, -0.2) is 0 Å². The Morgan fingerprint density at radius 2 is 1.88 bits per heavy atom. The first-order valence-corrected chi connectivity index (χ1v) is 10.0. The van der Waals surface area contributed by atoms with Crippen LogP contribution in [0.5, 0.6) is 0 Å². The molecule has 2 aromatic rings. The number of hydrogen-bond acceptors (Lipinski definition) is 3. The summed E-state index contributed by atoms with van der Waals surface area (Å²) in [6, 6.07) is 9.67. The number of carbonyl (C=O) groups excluding carboxylic acids is 2. The second kappa shape index (κ2) is 9.05. The Bertz CT molecular complexity index is 798. The number of likely N-dealkylation sites (N-methyl/N-ethyl adjacent to an activating group) is 1. The van der Waals surface area contributed by atoms with E-state index < -0.39 is 0 Å². The molecule has 1 aromatic heterocycles. The summed E-state index contributed by atoms with van der Waals surface area (Å²) in [7, 11) is 1.87. The van der Waals surface area contributed by atoms with E-state index >= 15 is 0 Å². The van der Waals surface area contributed by atoms with E-state index in [0.29, 0.717) is 6.54 Å². The maximum atomic E-state index is 12.6. The van der Waals surface area contributed by atoms with Gasteiger partial charge in [-0.05, 0) is 45.2 Å². The number of para-hydroxylation sites is 1. The minimum atomic E-state index is -0.0872. The number of amides is 1. The Kier molecular flexibility index (Phi) is 7.06.